The molecule has 0 saturated carbocycles. The maximum absolute atomic E-state index is 12.2. The first-order valence-corrected chi connectivity index (χ1v) is 7.88. The molecule has 0 unspecified atom stereocenters. The molecule has 1 N–H and O–H groups in total. The summed E-state index contributed by atoms with van der Waals surface area (Å²) in [5.41, 5.74) is -2.12. The molecule has 0 saturated heterocycles. The highest BCUT2D eigenvalue weighted by molar-refractivity contribution is 7.86. The maximum Gasteiger partial charge on any atom is 0.299 e. The van der Waals surface area contributed by atoms with Crippen LogP contribution in [0.4, 0.5) is 0 Å². The Kier molecular flexibility index (Phi) is 2.38. The third-order valence-electron chi connectivity index (χ3n) is 3.94. The standard InChI is InChI=1S/C16H8O5S/c17-14-10-6-4-8-2-1-3-9-5-7-11(13(10)12(8)9)16(15(14)18)22(19,20)21/h1-7H,(H,19,20,21). The largest absolute Gasteiger partial charge is 0.299 e. The lowest BCUT2D eigenvalue weighted by Crippen LogP contribution is -2.29. The molecule has 0 radical (unpaired) electrons. The molecule has 4 rings (SSSR count). The van der Waals surface area contributed by atoms with Gasteiger partial charge in [-0.15, -0.1) is 0 Å². The van der Waals surface area contributed by atoms with Crippen molar-refractivity contribution in [2.45, 2.75) is 4.90 Å². The van der Waals surface area contributed by atoms with Gasteiger partial charge < -0.3 is 0 Å². The van der Waals surface area contributed by atoms with Crippen LogP contribution in [0.1, 0.15) is 0 Å². The van der Waals surface area contributed by atoms with Gasteiger partial charge in [0.15, 0.2) is 4.90 Å². The van der Waals surface area contributed by atoms with Crippen molar-refractivity contribution in [1.82, 2.24) is 0 Å². The van der Waals surface area contributed by atoms with Gasteiger partial charge in [0.1, 0.15) is 0 Å². The van der Waals surface area contributed by atoms with Gasteiger partial charge in [0.25, 0.3) is 10.1 Å². The van der Waals surface area contributed by atoms with Gasteiger partial charge >= 0.3 is 0 Å². The molecule has 0 bridgehead atoms. The average Bonchev–Trinajstić information content (AvgIpc) is 2.47. The quantitative estimate of drug-likeness (QED) is 0.330. The minimum Gasteiger partial charge on any atom is -0.285 e. The molecule has 5 nitrogen and oxygen atoms in total. The Hall–Kier alpha value is -2.57. The summed E-state index contributed by atoms with van der Waals surface area (Å²) in [6.07, 6.45) is 0. The highest BCUT2D eigenvalue weighted by atomic mass is 32.2. The summed E-state index contributed by atoms with van der Waals surface area (Å²) in [4.78, 5) is 23.5. The number of hydrogen-bond acceptors (Lipinski definition) is 4. The Labute approximate surface area is 123 Å². The van der Waals surface area contributed by atoms with Gasteiger partial charge in [-0.05, 0) is 22.2 Å². The van der Waals surface area contributed by atoms with Gasteiger partial charge in [-0.25, -0.2) is 0 Å². The first-order valence-electron chi connectivity index (χ1n) is 6.44. The number of hydrogen-bond donors (Lipinski definition) is 1. The van der Waals surface area contributed by atoms with E-state index in [4.69, 9.17) is 0 Å². The smallest absolute Gasteiger partial charge is 0.285 e. The van der Waals surface area contributed by atoms with Crippen molar-refractivity contribution in [3.05, 3.63) is 62.9 Å². The minimum atomic E-state index is -4.79. The molecule has 4 aromatic carbocycles. The summed E-state index contributed by atoms with van der Waals surface area (Å²) in [7, 11) is -4.79. The van der Waals surface area contributed by atoms with E-state index in [2.05, 4.69) is 0 Å². The van der Waals surface area contributed by atoms with Crippen LogP contribution >= 0.6 is 0 Å². The fourth-order valence-electron chi connectivity index (χ4n) is 3.06. The lowest BCUT2D eigenvalue weighted by Gasteiger charge is -2.11. The van der Waals surface area contributed by atoms with Crippen molar-refractivity contribution in [1.29, 1.82) is 0 Å². The maximum atomic E-state index is 12.2. The molecule has 0 aliphatic carbocycles. The minimum absolute atomic E-state index is 0.0754. The normalized spacial score (nSPS) is 12.6. The molecule has 22 heavy (non-hydrogen) atoms. The fourth-order valence-corrected chi connectivity index (χ4v) is 3.84. The molecule has 0 aromatic heterocycles. The van der Waals surface area contributed by atoms with E-state index in [1.165, 1.54) is 12.1 Å². The van der Waals surface area contributed by atoms with Crippen LogP contribution in [0, 0.1) is 0 Å². The van der Waals surface area contributed by atoms with E-state index >= 15 is 0 Å². The predicted octanol–water partition coefficient (Wildman–Crippen LogP) is 1.99. The molecule has 0 fully saturated rings. The van der Waals surface area contributed by atoms with Crippen LogP contribution in [0.5, 0.6) is 0 Å². The van der Waals surface area contributed by atoms with Gasteiger partial charge in [-0.2, -0.15) is 8.42 Å². The van der Waals surface area contributed by atoms with Crippen molar-refractivity contribution in [2.75, 3.05) is 0 Å². The van der Waals surface area contributed by atoms with Gasteiger partial charge in [-0.3, -0.25) is 14.1 Å². The zero-order valence-electron chi connectivity index (χ0n) is 11.0. The van der Waals surface area contributed by atoms with Crippen molar-refractivity contribution in [3.8, 4) is 0 Å². The second kappa shape index (κ2) is 4.00. The lowest BCUT2D eigenvalue weighted by molar-refractivity contribution is 0.483. The second-order valence-corrected chi connectivity index (χ2v) is 6.50. The molecule has 0 atom stereocenters. The van der Waals surface area contributed by atoms with Crippen LogP contribution in [-0.2, 0) is 10.1 Å². The molecule has 4 aromatic rings. The van der Waals surface area contributed by atoms with Crippen molar-refractivity contribution >= 4 is 42.4 Å². The second-order valence-electron chi connectivity index (χ2n) is 5.14. The zero-order chi connectivity index (χ0) is 15.6. The Balaban J connectivity index is 2.52. The summed E-state index contributed by atoms with van der Waals surface area (Å²) < 4.78 is 32.5. The molecule has 0 aliphatic rings. The van der Waals surface area contributed by atoms with Gasteiger partial charge in [0, 0.05) is 16.2 Å². The molecular formula is C16H8O5S. The Morgan fingerprint density at radius 3 is 1.91 bits per heavy atom. The molecule has 0 aliphatic heterocycles. The van der Waals surface area contributed by atoms with E-state index < -0.39 is 25.9 Å². The monoisotopic (exact) mass is 312 g/mol. The number of benzene rings is 4. The van der Waals surface area contributed by atoms with Crippen LogP contribution in [0.25, 0.3) is 32.3 Å². The molecular weight excluding hydrogens is 304 g/mol. The third kappa shape index (κ3) is 1.53. The first-order chi connectivity index (χ1) is 10.4. The summed E-state index contributed by atoms with van der Waals surface area (Å²) in [5, 5.41) is 3.00. The predicted molar refractivity (Wildman–Crippen MR) is 83.7 cm³/mol. The van der Waals surface area contributed by atoms with Gasteiger partial charge in [0.2, 0.25) is 10.9 Å². The van der Waals surface area contributed by atoms with Crippen molar-refractivity contribution in [3.63, 3.8) is 0 Å². The Bertz CT molecular complexity index is 1260. The van der Waals surface area contributed by atoms with Crippen LogP contribution in [-0.4, -0.2) is 13.0 Å². The van der Waals surface area contributed by atoms with Crippen LogP contribution in [0.15, 0.2) is 56.9 Å². The molecule has 0 heterocycles. The molecule has 6 heteroatoms. The van der Waals surface area contributed by atoms with E-state index in [1.54, 1.807) is 12.1 Å². The van der Waals surface area contributed by atoms with Gasteiger partial charge in [-0.1, -0.05) is 36.4 Å². The topological polar surface area (TPSA) is 88.5 Å². The van der Waals surface area contributed by atoms with E-state index in [9.17, 15) is 22.6 Å². The molecule has 0 amide bonds. The number of rotatable bonds is 1. The summed E-state index contributed by atoms with van der Waals surface area (Å²) in [6.45, 7) is 0. The summed E-state index contributed by atoms with van der Waals surface area (Å²) in [5.74, 6) is 0. The summed E-state index contributed by atoms with van der Waals surface area (Å²) >= 11 is 0. The highest BCUT2D eigenvalue weighted by Gasteiger charge is 2.24. The van der Waals surface area contributed by atoms with Crippen LogP contribution in [0.2, 0.25) is 0 Å². The lowest BCUT2D eigenvalue weighted by atomic mass is 9.94. The molecule has 0 spiro atoms. The SMILES string of the molecule is O=c1c(S(=O)(=O)O)c2ccc3cccc4ccc(c1=O)c2c34. The molecule has 108 valence electrons. The third-order valence-corrected chi connectivity index (χ3v) is 4.86. The zero-order valence-corrected chi connectivity index (χ0v) is 11.8. The van der Waals surface area contributed by atoms with E-state index in [1.807, 2.05) is 18.2 Å². The van der Waals surface area contributed by atoms with Crippen LogP contribution < -0.4 is 10.9 Å². The van der Waals surface area contributed by atoms with Crippen molar-refractivity contribution < 1.29 is 13.0 Å². The van der Waals surface area contributed by atoms with E-state index in [-0.39, 0.29) is 10.8 Å². The van der Waals surface area contributed by atoms with E-state index in [0.29, 0.717) is 10.8 Å². The first kappa shape index (κ1) is 13.1. The van der Waals surface area contributed by atoms with Crippen LogP contribution in [0.3, 0.4) is 0 Å². The summed E-state index contributed by atoms with van der Waals surface area (Å²) in [6, 6.07) is 11.9. The average molecular weight is 312 g/mol. The van der Waals surface area contributed by atoms with E-state index in [0.717, 1.165) is 10.8 Å². The fraction of sp³-hybridized carbons (Fsp3) is 0. The van der Waals surface area contributed by atoms with Crippen molar-refractivity contribution in [2.24, 2.45) is 0 Å². The Morgan fingerprint density at radius 2 is 1.32 bits per heavy atom. The highest BCUT2D eigenvalue weighted by Crippen LogP contribution is 2.34. The van der Waals surface area contributed by atoms with Gasteiger partial charge in [0.05, 0.1) is 0 Å². The Morgan fingerprint density at radius 1 is 0.727 bits per heavy atom.